The molecule has 1 aromatic carbocycles. The molecule has 0 aliphatic heterocycles. The Morgan fingerprint density at radius 3 is 2.95 bits per heavy atom. The third-order valence-electron chi connectivity index (χ3n) is 3.45. The van der Waals surface area contributed by atoms with Crippen LogP contribution in [0.4, 0.5) is 0 Å². The lowest BCUT2D eigenvalue weighted by molar-refractivity contribution is 0.643. The fraction of sp³-hybridized carbons (Fsp3) is 0.467. The summed E-state index contributed by atoms with van der Waals surface area (Å²) in [6.07, 6.45) is 4.87. The van der Waals surface area contributed by atoms with Crippen LogP contribution in [0.15, 0.2) is 22.7 Å². The van der Waals surface area contributed by atoms with Crippen LogP contribution in [-0.4, -0.2) is 22.8 Å². The molecule has 5 heteroatoms. The Morgan fingerprint density at radius 2 is 2.20 bits per heavy atom. The molecule has 1 aliphatic carbocycles. The van der Waals surface area contributed by atoms with Gasteiger partial charge in [0.15, 0.2) is 0 Å². The van der Waals surface area contributed by atoms with Crippen LogP contribution < -0.4 is 5.32 Å². The molecule has 1 heterocycles. The average molecular weight is 352 g/mol. The van der Waals surface area contributed by atoms with Gasteiger partial charge in [0, 0.05) is 22.5 Å². The summed E-state index contributed by atoms with van der Waals surface area (Å²) in [6.45, 7) is 3.19. The van der Waals surface area contributed by atoms with Crippen molar-refractivity contribution in [3.05, 3.63) is 33.2 Å². The van der Waals surface area contributed by atoms with Crippen LogP contribution in [0.1, 0.15) is 29.8 Å². The molecule has 106 valence electrons. The molecule has 1 fully saturated rings. The van der Waals surface area contributed by atoms with Crippen LogP contribution in [-0.2, 0) is 6.42 Å². The molecule has 0 unspecified atom stereocenters. The van der Waals surface area contributed by atoms with E-state index in [-0.39, 0.29) is 0 Å². The van der Waals surface area contributed by atoms with E-state index >= 15 is 0 Å². The van der Waals surface area contributed by atoms with Crippen LogP contribution >= 0.6 is 27.3 Å². The highest BCUT2D eigenvalue weighted by Crippen LogP contribution is 2.27. The van der Waals surface area contributed by atoms with Crippen molar-refractivity contribution >= 4 is 27.3 Å². The van der Waals surface area contributed by atoms with E-state index in [9.17, 15) is 0 Å². The molecule has 1 aromatic heterocycles. The lowest BCUT2D eigenvalue weighted by Gasteiger charge is -2.00. The zero-order valence-corrected chi connectivity index (χ0v) is 13.9. The second-order valence-corrected chi connectivity index (χ2v) is 7.21. The SMILES string of the molecule is Cc1cc(-c2nnc(CCCNC3CC3)s2)ccc1Br. The van der Waals surface area contributed by atoms with Gasteiger partial charge in [-0.2, -0.15) is 0 Å². The normalized spacial score (nSPS) is 14.7. The second kappa shape index (κ2) is 6.33. The van der Waals surface area contributed by atoms with E-state index in [0.717, 1.165) is 45.5 Å². The smallest absolute Gasteiger partial charge is 0.147 e. The molecule has 1 saturated carbocycles. The van der Waals surface area contributed by atoms with E-state index in [2.05, 4.69) is 56.6 Å². The van der Waals surface area contributed by atoms with Crippen molar-refractivity contribution in [3.8, 4) is 10.6 Å². The predicted octanol–water partition coefficient (Wildman–Crippen LogP) is 3.96. The zero-order valence-electron chi connectivity index (χ0n) is 11.5. The molecule has 0 bridgehead atoms. The van der Waals surface area contributed by atoms with Crippen molar-refractivity contribution in [3.63, 3.8) is 0 Å². The minimum atomic E-state index is 0.797. The van der Waals surface area contributed by atoms with Gasteiger partial charge < -0.3 is 5.32 Å². The maximum atomic E-state index is 4.32. The van der Waals surface area contributed by atoms with Crippen molar-refractivity contribution in [2.24, 2.45) is 0 Å². The lowest BCUT2D eigenvalue weighted by atomic mass is 10.1. The number of hydrogen-bond donors (Lipinski definition) is 1. The van der Waals surface area contributed by atoms with E-state index < -0.39 is 0 Å². The quantitative estimate of drug-likeness (QED) is 0.800. The molecule has 0 radical (unpaired) electrons. The third kappa shape index (κ3) is 3.65. The summed E-state index contributed by atoms with van der Waals surface area (Å²) < 4.78 is 1.14. The van der Waals surface area contributed by atoms with Gasteiger partial charge in [-0.25, -0.2) is 0 Å². The number of nitrogens with zero attached hydrogens (tertiary/aromatic N) is 2. The van der Waals surface area contributed by atoms with Crippen molar-refractivity contribution in [2.45, 2.75) is 38.6 Å². The number of hydrogen-bond acceptors (Lipinski definition) is 4. The highest BCUT2D eigenvalue weighted by atomic mass is 79.9. The van der Waals surface area contributed by atoms with Gasteiger partial charge in [0.1, 0.15) is 10.0 Å². The summed E-state index contributed by atoms with van der Waals surface area (Å²) in [5.74, 6) is 0. The van der Waals surface area contributed by atoms with Crippen molar-refractivity contribution in [1.82, 2.24) is 15.5 Å². The second-order valence-electron chi connectivity index (χ2n) is 5.30. The number of benzene rings is 1. The van der Waals surface area contributed by atoms with Gasteiger partial charge in [0.2, 0.25) is 0 Å². The first-order valence-corrected chi connectivity index (χ1v) is 8.65. The fourth-order valence-electron chi connectivity index (χ4n) is 2.08. The van der Waals surface area contributed by atoms with Gasteiger partial charge in [0.25, 0.3) is 0 Å². The van der Waals surface area contributed by atoms with Gasteiger partial charge >= 0.3 is 0 Å². The average Bonchev–Trinajstić information content (AvgIpc) is 3.15. The van der Waals surface area contributed by atoms with E-state index in [1.165, 1.54) is 18.4 Å². The Labute approximate surface area is 132 Å². The van der Waals surface area contributed by atoms with Crippen molar-refractivity contribution in [2.75, 3.05) is 6.54 Å². The molecular weight excluding hydrogens is 334 g/mol. The van der Waals surface area contributed by atoms with E-state index in [1.54, 1.807) is 11.3 Å². The van der Waals surface area contributed by atoms with Gasteiger partial charge in [-0.1, -0.05) is 33.3 Å². The van der Waals surface area contributed by atoms with Gasteiger partial charge in [-0.15, -0.1) is 10.2 Å². The lowest BCUT2D eigenvalue weighted by Crippen LogP contribution is -2.17. The van der Waals surface area contributed by atoms with Crippen LogP contribution in [0.3, 0.4) is 0 Å². The van der Waals surface area contributed by atoms with Crippen LogP contribution in [0.5, 0.6) is 0 Å². The number of nitrogens with one attached hydrogen (secondary N) is 1. The van der Waals surface area contributed by atoms with Crippen molar-refractivity contribution in [1.29, 1.82) is 0 Å². The minimum absolute atomic E-state index is 0.797. The number of aryl methyl sites for hydroxylation is 2. The molecule has 1 aliphatic rings. The highest BCUT2D eigenvalue weighted by Gasteiger charge is 2.19. The molecular formula is C15H18BrN3S. The number of aromatic nitrogens is 2. The summed E-state index contributed by atoms with van der Waals surface area (Å²) in [5, 5.41) is 14.3. The van der Waals surface area contributed by atoms with Gasteiger partial charge in [-0.05, 0) is 50.4 Å². The molecule has 3 rings (SSSR count). The largest absolute Gasteiger partial charge is 0.314 e. The Morgan fingerprint density at radius 1 is 1.35 bits per heavy atom. The molecule has 1 N–H and O–H groups in total. The number of rotatable bonds is 6. The summed E-state index contributed by atoms with van der Waals surface area (Å²) in [6, 6.07) is 7.12. The topological polar surface area (TPSA) is 37.8 Å². The first kappa shape index (κ1) is 14.2. The Kier molecular flexibility index (Phi) is 4.48. The van der Waals surface area contributed by atoms with Crippen LogP contribution in [0.25, 0.3) is 10.6 Å². The molecule has 0 amide bonds. The van der Waals surface area contributed by atoms with Crippen molar-refractivity contribution < 1.29 is 0 Å². The molecule has 20 heavy (non-hydrogen) atoms. The third-order valence-corrected chi connectivity index (χ3v) is 5.37. The molecule has 3 nitrogen and oxygen atoms in total. The monoisotopic (exact) mass is 351 g/mol. The van der Waals surface area contributed by atoms with E-state index in [1.807, 2.05) is 0 Å². The molecule has 0 atom stereocenters. The molecule has 2 aromatic rings. The Bertz CT molecular complexity index is 593. The van der Waals surface area contributed by atoms with Crippen LogP contribution in [0, 0.1) is 6.92 Å². The number of halogens is 1. The van der Waals surface area contributed by atoms with Gasteiger partial charge in [0.05, 0.1) is 0 Å². The summed E-state index contributed by atoms with van der Waals surface area (Å²) >= 11 is 5.24. The fourth-order valence-corrected chi connectivity index (χ4v) is 3.21. The predicted molar refractivity (Wildman–Crippen MR) is 87.1 cm³/mol. The van der Waals surface area contributed by atoms with Gasteiger partial charge in [-0.3, -0.25) is 0 Å². The summed E-state index contributed by atoms with van der Waals surface area (Å²) in [4.78, 5) is 0. The minimum Gasteiger partial charge on any atom is -0.314 e. The van der Waals surface area contributed by atoms with Crippen LogP contribution in [0.2, 0.25) is 0 Å². The first-order chi connectivity index (χ1) is 9.72. The summed E-state index contributed by atoms with van der Waals surface area (Å²) in [5.41, 5.74) is 2.39. The Hall–Kier alpha value is -0.780. The van der Waals surface area contributed by atoms with E-state index in [0.29, 0.717) is 0 Å². The molecule has 0 spiro atoms. The highest BCUT2D eigenvalue weighted by molar-refractivity contribution is 9.10. The maximum absolute atomic E-state index is 4.32. The van der Waals surface area contributed by atoms with E-state index in [4.69, 9.17) is 0 Å². The molecule has 0 saturated heterocycles. The summed E-state index contributed by atoms with van der Waals surface area (Å²) in [7, 11) is 0. The first-order valence-electron chi connectivity index (χ1n) is 7.04. The maximum Gasteiger partial charge on any atom is 0.147 e. The Balaban J connectivity index is 1.58. The zero-order chi connectivity index (χ0) is 13.9. The standard InChI is InChI=1S/C15H18BrN3S/c1-10-9-11(4-7-13(10)16)15-19-18-14(20-15)3-2-8-17-12-5-6-12/h4,7,9,12,17H,2-3,5-6,8H2,1H3.